The van der Waals surface area contributed by atoms with Gasteiger partial charge in [0.1, 0.15) is 16.9 Å². The summed E-state index contributed by atoms with van der Waals surface area (Å²) in [4.78, 5) is 59.4. The summed E-state index contributed by atoms with van der Waals surface area (Å²) in [6.07, 6.45) is 6.46. The van der Waals surface area contributed by atoms with E-state index in [1.165, 1.54) is 37.6 Å². The normalized spacial score (nSPS) is 20.0. The minimum Gasteiger partial charge on any atom is -0.423 e. The molecule has 7 N–H and O–H groups in total. The minimum absolute atomic E-state index is 0.0823. The highest BCUT2D eigenvalue weighted by atomic mass is 35.5. The van der Waals surface area contributed by atoms with E-state index in [-0.39, 0.29) is 67.8 Å². The molecule has 10 rings (SSSR count). The second kappa shape index (κ2) is 27.3. The van der Waals surface area contributed by atoms with Crippen LogP contribution in [-0.4, -0.2) is 172 Å². The number of aliphatic hydroxyl groups is 2. The van der Waals surface area contributed by atoms with Gasteiger partial charge in [0.15, 0.2) is 5.11 Å². The van der Waals surface area contributed by atoms with E-state index in [0.717, 1.165) is 33.4 Å². The highest BCUT2D eigenvalue weighted by Gasteiger charge is 2.49. The third-order valence-electron chi connectivity index (χ3n) is 17.0. The van der Waals surface area contributed by atoms with Crippen molar-refractivity contribution in [2.24, 2.45) is 4.99 Å². The summed E-state index contributed by atoms with van der Waals surface area (Å²) in [5.74, 6) is -0.239. The Bertz CT molecular complexity index is 3690. The minimum atomic E-state index is -3.77. The second-order valence-corrected chi connectivity index (χ2v) is 29.4. The molecule has 0 radical (unpaired) electrons. The number of rotatable bonds is 10. The van der Waals surface area contributed by atoms with Gasteiger partial charge in [0.25, 0.3) is 23.6 Å². The molecule has 2 spiro atoms. The number of thiocarbonyl (C=S) groups is 1. The van der Waals surface area contributed by atoms with Crippen LogP contribution in [0.3, 0.4) is 0 Å². The van der Waals surface area contributed by atoms with E-state index in [4.69, 9.17) is 68.7 Å². The van der Waals surface area contributed by atoms with Crippen molar-refractivity contribution in [3.05, 3.63) is 142 Å². The van der Waals surface area contributed by atoms with Gasteiger partial charge < -0.3 is 46.0 Å². The lowest BCUT2D eigenvalue weighted by atomic mass is 9.80. The smallest absolute Gasteiger partial charge is 0.423 e. The number of carbonyl (C=O) groups is 4. The molecule has 4 aromatic carbocycles. The van der Waals surface area contributed by atoms with Crippen molar-refractivity contribution >= 4 is 138 Å². The summed E-state index contributed by atoms with van der Waals surface area (Å²) >= 11 is 28.4. The zero-order chi connectivity index (χ0) is 64.5. The van der Waals surface area contributed by atoms with Gasteiger partial charge in [-0.15, -0.1) is 0 Å². The molecule has 20 nitrogen and oxygen atoms in total. The number of nitrogens with zero attached hydrogens (tertiary/aromatic N) is 5. The lowest BCUT2D eigenvalue weighted by Crippen LogP contribution is -2.55. The van der Waals surface area contributed by atoms with Gasteiger partial charge >= 0.3 is 7.12 Å². The van der Waals surface area contributed by atoms with Gasteiger partial charge in [0, 0.05) is 79.9 Å². The highest BCUT2D eigenvalue weighted by Crippen LogP contribution is 2.35. The molecule has 0 unspecified atom stereocenters. The Morgan fingerprint density at radius 3 is 1.38 bits per heavy atom. The number of likely N-dealkylation sites (tertiary alicyclic amines) is 2. The predicted molar refractivity (Wildman–Crippen MR) is 348 cm³/mol. The molecule has 0 saturated carbocycles. The molecule has 4 amide bonds. The van der Waals surface area contributed by atoms with Crippen LogP contribution in [0.25, 0.3) is 12.2 Å². The Balaban J connectivity index is 0.000000196. The van der Waals surface area contributed by atoms with Crippen molar-refractivity contribution in [2.75, 3.05) is 52.4 Å². The van der Waals surface area contributed by atoms with Crippen LogP contribution in [0.2, 0.25) is 20.1 Å². The first kappa shape index (κ1) is 68.6. The van der Waals surface area contributed by atoms with Crippen molar-refractivity contribution in [1.82, 2.24) is 34.4 Å². The molecule has 88 heavy (non-hydrogen) atoms. The Kier molecular flexibility index (Phi) is 21.2. The zero-order valence-electron chi connectivity index (χ0n) is 49.5. The molecule has 6 heterocycles. The first-order chi connectivity index (χ1) is 41.1. The largest absolute Gasteiger partial charge is 0.488 e. The molecule has 5 fully saturated rings. The fourth-order valence-electron chi connectivity index (χ4n) is 11.4. The van der Waals surface area contributed by atoms with Gasteiger partial charge in [0.05, 0.1) is 31.3 Å². The van der Waals surface area contributed by atoms with E-state index >= 15 is 0 Å². The number of halogens is 4. The number of benzene rings is 4. The average Bonchev–Trinajstić information content (AvgIpc) is 1.72. The van der Waals surface area contributed by atoms with Crippen LogP contribution < -0.4 is 21.4 Å². The molecular weight excluding hydrogens is 1270 g/mol. The average molecular weight is 1350 g/mol. The Morgan fingerprint density at radius 1 is 0.580 bits per heavy atom. The van der Waals surface area contributed by atoms with Crippen LogP contribution >= 0.6 is 58.6 Å². The summed E-state index contributed by atoms with van der Waals surface area (Å²) in [5.41, 5.74) is 3.41. The van der Waals surface area contributed by atoms with Crippen molar-refractivity contribution in [3.63, 3.8) is 0 Å². The van der Waals surface area contributed by atoms with Crippen molar-refractivity contribution < 1.29 is 56.3 Å². The number of sulfonamides is 2. The number of aryl methyl sites for hydroxylation is 4. The SMILES string of the molecule is Cc1cc(C(=O)N2CCC(C)(O)CC2)cc(C)c1/C=C/S(=O)(=O)N1CCC2(CC1)N=C(c1ccc(Cl)c(Cl)c1)NC2=O.Cc1cc(C(=O)N2CCC(C)(O)CC2)cc(C)c1/C=C/S(=O)(=O)N1CCC2(CC1)NC(=S)NC2=O.OB(O)c1ccc(Cl)c(Cl)c1. The molecule has 0 bridgehead atoms. The summed E-state index contributed by atoms with van der Waals surface area (Å²) in [6.45, 7) is 13.7. The van der Waals surface area contributed by atoms with E-state index < -0.39 is 49.4 Å². The summed E-state index contributed by atoms with van der Waals surface area (Å²) in [7, 11) is -8.95. The molecule has 0 atom stereocenters. The first-order valence-electron chi connectivity index (χ1n) is 28.6. The van der Waals surface area contributed by atoms with Crippen LogP contribution in [0.1, 0.15) is 125 Å². The Hall–Kier alpha value is -5.32. The monoisotopic (exact) mass is 1340 g/mol. The number of amidine groups is 1. The topological polar surface area (TPSA) is 279 Å². The molecule has 472 valence electrons. The van der Waals surface area contributed by atoms with Gasteiger partial charge in [-0.05, 0) is 211 Å². The number of carbonyl (C=O) groups excluding carboxylic acids is 4. The number of hydrogen-bond donors (Lipinski definition) is 7. The van der Waals surface area contributed by atoms with E-state index in [2.05, 4.69) is 20.9 Å². The molecule has 4 aromatic rings. The second-order valence-electron chi connectivity index (χ2n) is 23.7. The van der Waals surface area contributed by atoms with Crippen LogP contribution in [0, 0.1) is 27.7 Å². The quantitative estimate of drug-likeness (QED) is 0.0668. The van der Waals surface area contributed by atoms with Crippen molar-refractivity contribution in [1.29, 1.82) is 0 Å². The molecule has 5 saturated heterocycles. The maximum Gasteiger partial charge on any atom is 0.488 e. The molecule has 28 heteroatoms. The Labute approximate surface area is 539 Å². The third kappa shape index (κ3) is 16.0. The summed E-state index contributed by atoms with van der Waals surface area (Å²) in [5, 5.41) is 50.2. The lowest BCUT2D eigenvalue weighted by Gasteiger charge is -2.36. The Morgan fingerprint density at radius 2 is 0.989 bits per heavy atom. The predicted octanol–water partition coefficient (Wildman–Crippen LogP) is 6.41. The number of hydrogen-bond acceptors (Lipinski definition) is 14. The summed E-state index contributed by atoms with van der Waals surface area (Å²) < 4.78 is 55.2. The van der Waals surface area contributed by atoms with Gasteiger partial charge in [-0.1, -0.05) is 52.5 Å². The first-order valence-corrected chi connectivity index (χ1v) is 33.5. The van der Waals surface area contributed by atoms with Gasteiger partial charge in [-0.3, -0.25) is 24.2 Å². The van der Waals surface area contributed by atoms with Gasteiger partial charge in [-0.25, -0.2) is 16.8 Å². The standard InChI is InChI=1S/C30H34Cl2N4O5S.C24H32N4O5S2.C6H5BCl2O2/c1-19-16-22(27(37)35-11-7-29(3,39)8-12-35)17-20(2)23(19)6-15-42(40,41)36-13-9-30(10-14-36)28(38)33-26(34-30)21-4-5-24(31)25(32)18-21;1-16-14-18(20(29)27-9-5-23(3,31)6-10-27)15-17(2)19(16)4-13-35(32,33)28-11-7-24(8-12-28)21(30)25-22(34)26-24;8-5-2-1-4(7(10)11)3-6(5)9/h4-6,15-18,39H,7-14H2,1-3H3,(H,33,34,38);4,13-15,31H,5-12H2,1-3H3,(H2,25,26,30,34);1-3,10-11H/b15-6+;13-4+;. The third-order valence-corrected chi connectivity index (χ3v) is 21.8. The molecule has 6 aliphatic rings. The molecular formula is C60H71BCl4N8O12S3. The fourth-order valence-corrected chi connectivity index (χ4v) is 14.6. The fraction of sp³-hybridized carbons (Fsp3) is 0.433. The lowest BCUT2D eigenvalue weighted by molar-refractivity contribution is -0.125. The van der Waals surface area contributed by atoms with Crippen LogP contribution in [-0.2, 0) is 29.6 Å². The van der Waals surface area contributed by atoms with Gasteiger partial charge in [0.2, 0.25) is 20.0 Å². The number of piperidine rings is 4. The van der Waals surface area contributed by atoms with E-state index in [1.807, 2.05) is 27.7 Å². The van der Waals surface area contributed by atoms with E-state index in [9.17, 15) is 46.2 Å². The van der Waals surface area contributed by atoms with Gasteiger partial charge in [-0.2, -0.15) is 8.61 Å². The zero-order valence-corrected chi connectivity index (χ0v) is 55.0. The number of nitrogens with one attached hydrogen (secondary N) is 3. The number of amides is 4. The van der Waals surface area contributed by atoms with Crippen molar-refractivity contribution in [3.8, 4) is 0 Å². The molecule has 0 aliphatic carbocycles. The highest BCUT2D eigenvalue weighted by molar-refractivity contribution is 7.92. The van der Waals surface area contributed by atoms with Crippen LogP contribution in [0.15, 0.2) is 76.5 Å². The maximum absolute atomic E-state index is 13.3. The van der Waals surface area contributed by atoms with Crippen LogP contribution in [0.4, 0.5) is 0 Å². The maximum atomic E-state index is 13.3. The molecule has 6 aliphatic heterocycles. The van der Waals surface area contributed by atoms with Crippen molar-refractivity contribution in [2.45, 2.75) is 115 Å². The molecule has 0 aromatic heterocycles. The van der Waals surface area contributed by atoms with E-state index in [0.29, 0.717) is 113 Å². The number of aliphatic imine (C=N–C) groups is 1. The summed E-state index contributed by atoms with van der Waals surface area (Å²) in [6, 6.07) is 16.5. The van der Waals surface area contributed by atoms with E-state index in [1.54, 1.807) is 78.3 Å². The van der Waals surface area contributed by atoms with Crippen LogP contribution in [0.5, 0.6) is 0 Å².